The number of nitrogens with zero attached hydrogens (tertiary/aromatic N) is 1. The van der Waals surface area contributed by atoms with Gasteiger partial charge in [-0.2, -0.15) is 0 Å². The van der Waals surface area contributed by atoms with Crippen LogP contribution in [0, 0.1) is 6.92 Å². The number of aromatic nitrogens is 1. The minimum Gasteiger partial charge on any atom is -0.453 e. The van der Waals surface area contributed by atoms with Crippen LogP contribution in [0.5, 0.6) is 11.5 Å². The number of aliphatic imine (C=N–C) groups is 1. The predicted molar refractivity (Wildman–Crippen MR) is 99.0 cm³/mol. The third-order valence-electron chi connectivity index (χ3n) is 3.84. The Morgan fingerprint density at radius 3 is 2.68 bits per heavy atom. The Kier molecular flexibility index (Phi) is 4.30. The Hall–Kier alpha value is -3.48. The number of nitrogen functional groups attached to an aromatic ring is 1. The number of H-pyrrole nitrogens is 1. The van der Waals surface area contributed by atoms with Crippen LogP contribution in [-0.4, -0.2) is 23.9 Å². The average Bonchev–Trinajstić information content (AvgIpc) is 3.05. The number of benzene rings is 2. The van der Waals surface area contributed by atoms with Gasteiger partial charge in [0.2, 0.25) is 0 Å². The number of guanidine groups is 1. The fraction of sp³-hybridized carbons (Fsp3) is 0.111. The summed E-state index contributed by atoms with van der Waals surface area (Å²) in [6.07, 6.45) is 0. The van der Waals surface area contributed by atoms with Crippen molar-refractivity contribution in [2.75, 3.05) is 12.8 Å². The summed E-state index contributed by atoms with van der Waals surface area (Å²) >= 11 is 0. The van der Waals surface area contributed by atoms with Gasteiger partial charge in [-0.15, -0.1) is 0 Å². The Morgan fingerprint density at radius 1 is 1.20 bits per heavy atom. The Balaban J connectivity index is 2.02. The Bertz CT molecular complexity index is 975. The number of hydrogen-bond donors (Lipinski definition) is 4. The number of aryl methyl sites for hydroxylation is 1. The summed E-state index contributed by atoms with van der Waals surface area (Å²) in [7, 11) is 1.50. The van der Waals surface area contributed by atoms with Crippen molar-refractivity contribution in [3.8, 4) is 11.5 Å². The van der Waals surface area contributed by atoms with Crippen molar-refractivity contribution in [1.29, 1.82) is 0 Å². The van der Waals surface area contributed by atoms with Crippen molar-refractivity contribution in [3.63, 3.8) is 0 Å². The molecule has 7 nitrogen and oxygen atoms in total. The zero-order chi connectivity index (χ0) is 18.0. The molecule has 7 heteroatoms. The van der Waals surface area contributed by atoms with Crippen molar-refractivity contribution in [2.24, 2.45) is 10.7 Å². The smallest absolute Gasteiger partial charge is 0.274 e. The fourth-order valence-corrected chi connectivity index (χ4v) is 2.47. The van der Waals surface area contributed by atoms with Crippen LogP contribution in [0.2, 0.25) is 0 Å². The number of aromatic amines is 1. The van der Waals surface area contributed by atoms with Crippen LogP contribution in [0.1, 0.15) is 16.1 Å². The molecular formula is C18H19N5O2. The molecular weight excluding hydrogens is 318 g/mol. The summed E-state index contributed by atoms with van der Waals surface area (Å²) in [5.41, 5.74) is 14.1. The second kappa shape index (κ2) is 6.56. The monoisotopic (exact) mass is 337 g/mol. The molecule has 0 spiro atoms. The third-order valence-corrected chi connectivity index (χ3v) is 3.84. The molecule has 0 fully saturated rings. The standard InChI is InChI=1S/C18H19N5O2/c1-10-7-8-15(25-14-6-4-3-5-12(14)19)16-11(10)9-13(22-16)17(24)23-18(20)21-2/h3-9,22H,19H2,1-2H3,(H3,20,21,23,24). The summed E-state index contributed by atoms with van der Waals surface area (Å²) in [4.78, 5) is 19.1. The molecule has 6 N–H and O–H groups in total. The molecule has 0 atom stereocenters. The largest absolute Gasteiger partial charge is 0.453 e. The van der Waals surface area contributed by atoms with Gasteiger partial charge in [0.1, 0.15) is 11.4 Å². The number of carbonyl (C=O) groups is 1. The lowest BCUT2D eigenvalue weighted by Crippen LogP contribution is -2.36. The number of nitrogens with two attached hydrogens (primary N) is 2. The first kappa shape index (κ1) is 16.4. The van der Waals surface area contributed by atoms with Gasteiger partial charge in [0.25, 0.3) is 5.91 Å². The second-order valence-electron chi connectivity index (χ2n) is 5.56. The van der Waals surface area contributed by atoms with Gasteiger partial charge in [-0.25, -0.2) is 0 Å². The highest BCUT2D eigenvalue weighted by Crippen LogP contribution is 2.34. The van der Waals surface area contributed by atoms with Gasteiger partial charge in [0, 0.05) is 12.4 Å². The summed E-state index contributed by atoms with van der Waals surface area (Å²) in [6, 6.07) is 12.8. The first-order chi connectivity index (χ1) is 12.0. The van der Waals surface area contributed by atoms with Crippen LogP contribution in [-0.2, 0) is 0 Å². The molecule has 0 aliphatic carbocycles. The molecule has 0 saturated carbocycles. The Morgan fingerprint density at radius 2 is 1.96 bits per heavy atom. The van der Waals surface area contributed by atoms with Crippen LogP contribution in [0.3, 0.4) is 0 Å². The number of nitrogens with one attached hydrogen (secondary N) is 2. The minimum absolute atomic E-state index is 0.0499. The van der Waals surface area contributed by atoms with Crippen LogP contribution in [0.15, 0.2) is 47.5 Å². The highest BCUT2D eigenvalue weighted by molar-refractivity contribution is 6.07. The molecule has 128 valence electrons. The third kappa shape index (κ3) is 3.25. The fourth-order valence-electron chi connectivity index (χ4n) is 2.47. The van der Waals surface area contributed by atoms with Crippen LogP contribution in [0.4, 0.5) is 5.69 Å². The van der Waals surface area contributed by atoms with Crippen LogP contribution >= 0.6 is 0 Å². The second-order valence-corrected chi connectivity index (χ2v) is 5.56. The van der Waals surface area contributed by atoms with Crippen molar-refractivity contribution < 1.29 is 9.53 Å². The number of rotatable bonds is 3. The number of amides is 1. The van der Waals surface area contributed by atoms with Crippen LogP contribution < -0.4 is 21.5 Å². The van der Waals surface area contributed by atoms with Crippen molar-refractivity contribution in [1.82, 2.24) is 10.3 Å². The number of carbonyl (C=O) groups excluding carboxylic acids is 1. The van der Waals surface area contributed by atoms with E-state index in [0.717, 1.165) is 10.9 Å². The maximum absolute atomic E-state index is 12.3. The quantitative estimate of drug-likeness (QED) is 0.333. The van der Waals surface area contributed by atoms with Gasteiger partial charge in [-0.1, -0.05) is 18.2 Å². The van der Waals surface area contributed by atoms with Crippen LogP contribution in [0.25, 0.3) is 10.9 Å². The number of hydrogen-bond acceptors (Lipinski definition) is 4. The van der Waals surface area contributed by atoms with Gasteiger partial charge in [-0.05, 0) is 36.8 Å². The number of ether oxygens (including phenoxy) is 1. The van der Waals surface area contributed by atoms with E-state index in [1.54, 1.807) is 18.2 Å². The molecule has 2 aromatic carbocycles. The lowest BCUT2D eigenvalue weighted by atomic mass is 10.1. The van der Waals surface area contributed by atoms with E-state index in [1.165, 1.54) is 7.05 Å². The molecule has 0 aliphatic rings. The first-order valence-electron chi connectivity index (χ1n) is 7.68. The van der Waals surface area contributed by atoms with E-state index in [0.29, 0.717) is 28.4 Å². The van der Waals surface area contributed by atoms with E-state index in [2.05, 4.69) is 15.3 Å². The van der Waals surface area contributed by atoms with Crippen molar-refractivity contribution in [3.05, 3.63) is 53.7 Å². The zero-order valence-electron chi connectivity index (χ0n) is 14.0. The van der Waals surface area contributed by atoms with Gasteiger partial charge >= 0.3 is 0 Å². The highest BCUT2D eigenvalue weighted by Gasteiger charge is 2.15. The van der Waals surface area contributed by atoms with E-state index in [-0.39, 0.29) is 11.9 Å². The van der Waals surface area contributed by atoms with E-state index in [1.807, 2.05) is 31.2 Å². The number of fused-ring (bicyclic) bond motifs is 1. The Labute approximate surface area is 144 Å². The molecule has 3 rings (SSSR count). The van der Waals surface area contributed by atoms with Gasteiger partial charge in [-0.3, -0.25) is 15.1 Å². The predicted octanol–water partition coefficient (Wildman–Crippen LogP) is 2.53. The summed E-state index contributed by atoms with van der Waals surface area (Å²) < 4.78 is 5.94. The van der Waals surface area contributed by atoms with E-state index in [4.69, 9.17) is 16.2 Å². The maximum Gasteiger partial charge on any atom is 0.274 e. The highest BCUT2D eigenvalue weighted by atomic mass is 16.5. The summed E-state index contributed by atoms with van der Waals surface area (Å²) in [6.45, 7) is 1.96. The van der Waals surface area contributed by atoms with E-state index in [9.17, 15) is 4.79 Å². The molecule has 0 saturated heterocycles. The minimum atomic E-state index is -0.371. The molecule has 1 heterocycles. The SMILES string of the molecule is CN=C(N)NC(=O)c1cc2c(C)ccc(Oc3ccccc3N)c2[nH]1. The molecule has 0 bridgehead atoms. The topological polar surface area (TPSA) is 119 Å². The van der Waals surface area contributed by atoms with Gasteiger partial charge < -0.3 is 21.2 Å². The summed E-state index contributed by atoms with van der Waals surface area (Å²) in [5, 5.41) is 3.38. The van der Waals surface area contributed by atoms with E-state index >= 15 is 0 Å². The average molecular weight is 337 g/mol. The molecule has 3 aromatic rings. The molecule has 1 amide bonds. The maximum atomic E-state index is 12.3. The molecule has 25 heavy (non-hydrogen) atoms. The first-order valence-corrected chi connectivity index (χ1v) is 7.68. The lowest BCUT2D eigenvalue weighted by Gasteiger charge is -2.10. The van der Waals surface area contributed by atoms with Gasteiger partial charge in [0.05, 0.1) is 11.2 Å². The molecule has 0 unspecified atom stereocenters. The number of para-hydroxylation sites is 2. The number of anilines is 1. The summed E-state index contributed by atoms with van der Waals surface area (Å²) in [5.74, 6) is 0.808. The molecule has 0 radical (unpaired) electrons. The zero-order valence-corrected chi connectivity index (χ0v) is 14.0. The lowest BCUT2D eigenvalue weighted by molar-refractivity contribution is 0.0972. The van der Waals surface area contributed by atoms with Crippen molar-refractivity contribution >= 4 is 28.5 Å². The van der Waals surface area contributed by atoms with E-state index < -0.39 is 0 Å². The van der Waals surface area contributed by atoms with Crippen molar-refractivity contribution in [2.45, 2.75) is 6.92 Å². The molecule has 1 aromatic heterocycles. The normalized spacial score (nSPS) is 11.5. The van der Waals surface area contributed by atoms with Gasteiger partial charge in [0.15, 0.2) is 11.7 Å². The molecule has 0 aliphatic heterocycles.